The minimum Gasteiger partial charge on any atom is -0.488 e. The van der Waals surface area contributed by atoms with Crippen LogP contribution in [0.4, 0.5) is 20.3 Å². The number of piperidine rings is 1. The maximum atomic E-state index is 16.1. The number of aldehydes is 1. The molecule has 2 aromatic heterocycles. The molecule has 14 nitrogen and oxygen atoms in total. The Morgan fingerprint density at radius 2 is 1.82 bits per heavy atom. The van der Waals surface area contributed by atoms with Gasteiger partial charge in [0, 0.05) is 95.9 Å². The summed E-state index contributed by atoms with van der Waals surface area (Å²) in [5, 5.41) is 11.3. The van der Waals surface area contributed by atoms with Gasteiger partial charge in [-0.2, -0.15) is 5.10 Å². The summed E-state index contributed by atoms with van der Waals surface area (Å²) in [6.45, 7) is 15.3. The van der Waals surface area contributed by atoms with Crippen LogP contribution in [0.3, 0.4) is 0 Å². The number of anilines is 2. The van der Waals surface area contributed by atoms with E-state index in [1.165, 1.54) is 11.9 Å². The number of halogens is 2. The molecule has 3 aliphatic heterocycles. The van der Waals surface area contributed by atoms with E-state index in [-0.39, 0.29) is 41.8 Å². The van der Waals surface area contributed by atoms with Gasteiger partial charge < -0.3 is 39.3 Å². The van der Waals surface area contributed by atoms with Gasteiger partial charge >= 0.3 is 0 Å². The molecule has 3 fully saturated rings. The fourth-order valence-electron chi connectivity index (χ4n) is 9.42. The average Bonchev–Trinajstić information content (AvgIpc) is 3.70. The number of hydrogen-bond donors (Lipinski definition) is 2. The number of H-pyrrole nitrogens is 1. The molecule has 0 spiro atoms. The Morgan fingerprint density at radius 1 is 1.06 bits per heavy atom. The van der Waals surface area contributed by atoms with Gasteiger partial charge in [0.05, 0.1) is 23.3 Å². The van der Waals surface area contributed by atoms with Crippen LogP contribution in [0.15, 0.2) is 36.7 Å². The smallest absolute Gasteiger partial charge is 0.255 e. The van der Waals surface area contributed by atoms with Gasteiger partial charge in [0.15, 0.2) is 5.82 Å². The zero-order valence-corrected chi connectivity index (χ0v) is 36.5. The summed E-state index contributed by atoms with van der Waals surface area (Å²) in [4.78, 5) is 56.5. The number of ether oxygens (including phenoxy) is 1. The number of carbonyl (C=O) groups is 3. The molecule has 2 N–H and O–H groups in total. The van der Waals surface area contributed by atoms with E-state index in [4.69, 9.17) is 4.74 Å². The van der Waals surface area contributed by atoms with E-state index < -0.39 is 29.5 Å². The van der Waals surface area contributed by atoms with Crippen LogP contribution in [0.5, 0.6) is 5.75 Å². The van der Waals surface area contributed by atoms with Crippen LogP contribution in [0.2, 0.25) is 0 Å². The first kappa shape index (κ1) is 43.4. The van der Waals surface area contributed by atoms with Crippen molar-refractivity contribution in [3.05, 3.63) is 59.4 Å². The number of rotatable bonds is 18. The van der Waals surface area contributed by atoms with Crippen LogP contribution in [0.1, 0.15) is 81.6 Å². The highest BCUT2D eigenvalue weighted by Gasteiger charge is 2.41. The third-order valence-corrected chi connectivity index (χ3v) is 13.4. The lowest BCUT2D eigenvalue weighted by molar-refractivity contribution is -0.125. The Labute approximate surface area is 362 Å². The van der Waals surface area contributed by atoms with E-state index >= 15 is 8.78 Å². The third-order valence-electron chi connectivity index (χ3n) is 13.4. The molecule has 2 aromatic carbocycles. The monoisotopic (exact) mass is 854 g/mol. The summed E-state index contributed by atoms with van der Waals surface area (Å²) in [7, 11) is 1.44. The summed E-state index contributed by atoms with van der Waals surface area (Å²) in [6, 6.07) is 8.27. The molecule has 5 heterocycles. The maximum absolute atomic E-state index is 16.1. The van der Waals surface area contributed by atoms with Crippen LogP contribution in [0, 0.1) is 23.5 Å². The molecular formula is C46H60F2N10O4. The number of carbonyl (C=O) groups excluding carboxylic acids is 3. The number of likely N-dealkylation sites (N-methyl/N-ethyl adjacent to an activating group) is 1. The van der Waals surface area contributed by atoms with Gasteiger partial charge in [0.25, 0.3) is 5.91 Å². The number of fused-ring (bicyclic) bond motifs is 2. The molecule has 4 aromatic rings. The second kappa shape index (κ2) is 18.6. The fourth-order valence-corrected chi connectivity index (χ4v) is 9.42. The van der Waals surface area contributed by atoms with Gasteiger partial charge in [0.1, 0.15) is 53.0 Å². The summed E-state index contributed by atoms with van der Waals surface area (Å²) < 4.78 is 37.8. The first-order valence-electron chi connectivity index (χ1n) is 22.4. The predicted molar refractivity (Wildman–Crippen MR) is 234 cm³/mol. The minimum absolute atomic E-state index is 0.0603. The molecule has 332 valence electrons. The van der Waals surface area contributed by atoms with Crippen molar-refractivity contribution in [3.8, 4) is 17.1 Å². The predicted octanol–water partition coefficient (Wildman–Crippen LogP) is 5.67. The van der Waals surface area contributed by atoms with Crippen LogP contribution in [-0.4, -0.2) is 137 Å². The third kappa shape index (κ3) is 9.41. The van der Waals surface area contributed by atoms with Crippen molar-refractivity contribution < 1.29 is 27.9 Å². The summed E-state index contributed by atoms with van der Waals surface area (Å²) in [5.41, 5.74) is 2.40. The number of nitrogens with zero attached hydrogens (tertiary/aromatic N) is 8. The van der Waals surface area contributed by atoms with Crippen LogP contribution < -0.4 is 19.9 Å². The number of aromatic nitrogens is 4. The molecule has 1 aliphatic carbocycles. The van der Waals surface area contributed by atoms with Gasteiger partial charge in [-0.25, -0.2) is 18.7 Å². The molecule has 62 heavy (non-hydrogen) atoms. The summed E-state index contributed by atoms with van der Waals surface area (Å²) >= 11 is 0. The number of nitrogens with one attached hydrogen (secondary N) is 2. The van der Waals surface area contributed by atoms with E-state index in [1.54, 1.807) is 11.2 Å². The lowest BCUT2D eigenvalue weighted by Crippen LogP contribution is -2.49. The molecule has 2 saturated heterocycles. The van der Waals surface area contributed by atoms with E-state index in [0.29, 0.717) is 31.2 Å². The topological polar surface area (TPSA) is 143 Å². The van der Waals surface area contributed by atoms with Crippen molar-refractivity contribution in [1.29, 1.82) is 0 Å². The zero-order valence-electron chi connectivity index (χ0n) is 36.5. The highest BCUT2D eigenvalue weighted by Crippen LogP contribution is 2.41. The average molecular weight is 855 g/mol. The van der Waals surface area contributed by atoms with Crippen molar-refractivity contribution >= 4 is 40.5 Å². The highest BCUT2D eigenvalue weighted by atomic mass is 19.1. The molecule has 16 heteroatoms. The van der Waals surface area contributed by atoms with Crippen molar-refractivity contribution in [2.75, 3.05) is 82.3 Å². The largest absolute Gasteiger partial charge is 0.488 e. The van der Waals surface area contributed by atoms with E-state index in [2.05, 4.69) is 67.0 Å². The van der Waals surface area contributed by atoms with Crippen molar-refractivity contribution in [3.63, 3.8) is 0 Å². The van der Waals surface area contributed by atoms with Crippen LogP contribution in [0.25, 0.3) is 22.3 Å². The van der Waals surface area contributed by atoms with Crippen molar-refractivity contribution in [2.24, 2.45) is 11.8 Å². The van der Waals surface area contributed by atoms with Gasteiger partial charge in [-0.1, -0.05) is 6.92 Å². The SMILES string of the molecule is CCN(CCC(C)CN1CCN(CC2CCN(c3c(F)cc4c(c3F)CN(C(CCC=O)C(=O)NC)C4=O)CC2)CC1)c1cc(-c2n[nH]c3ccc(OC4(C)CC4)cc23)ncn1. The number of amides is 2. The molecule has 2 atom stereocenters. The molecule has 8 rings (SSSR count). The van der Waals surface area contributed by atoms with E-state index in [9.17, 15) is 14.4 Å². The number of piperazine rings is 1. The van der Waals surface area contributed by atoms with E-state index in [1.807, 2.05) is 18.2 Å². The Kier molecular flexibility index (Phi) is 13.1. The lowest BCUT2D eigenvalue weighted by Gasteiger charge is -2.40. The second-order valence-electron chi connectivity index (χ2n) is 18.0. The zero-order chi connectivity index (χ0) is 43.5. The van der Waals surface area contributed by atoms with Gasteiger partial charge in [-0.05, 0) is 88.5 Å². The van der Waals surface area contributed by atoms with Crippen LogP contribution in [-0.2, 0) is 16.1 Å². The van der Waals surface area contributed by atoms with Crippen LogP contribution >= 0.6 is 0 Å². The van der Waals surface area contributed by atoms with E-state index in [0.717, 1.165) is 124 Å². The quantitative estimate of drug-likeness (QED) is 0.120. The molecule has 1 saturated carbocycles. The Morgan fingerprint density at radius 3 is 2.53 bits per heavy atom. The second-order valence-corrected chi connectivity index (χ2v) is 18.0. The molecule has 2 amide bonds. The highest BCUT2D eigenvalue weighted by molar-refractivity contribution is 6.01. The molecule has 2 unspecified atom stereocenters. The number of hydrogen-bond acceptors (Lipinski definition) is 11. The maximum Gasteiger partial charge on any atom is 0.255 e. The molecule has 4 aliphatic rings. The Balaban J connectivity index is 0.786. The minimum atomic E-state index is -0.943. The normalized spacial score (nSPS) is 19.1. The number of aromatic amines is 1. The molecule has 0 radical (unpaired) electrons. The lowest BCUT2D eigenvalue weighted by atomic mass is 9.95. The van der Waals surface area contributed by atoms with Crippen molar-refractivity contribution in [1.82, 2.24) is 40.2 Å². The van der Waals surface area contributed by atoms with Gasteiger partial charge in [-0.3, -0.25) is 14.7 Å². The fraction of sp³-hybridized carbons (Fsp3) is 0.565. The number of benzene rings is 2. The first-order valence-corrected chi connectivity index (χ1v) is 22.4. The molecule has 0 bridgehead atoms. The Hall–Kier alpha value is -5.22. The summed E-state index contributed by atoms with van der Waals surface area (Å²) in [6.07, 6.45) is 7.30. The summed E-state index contributed by atoms with van der Waals surface area (Å²) in [5.74, 6) is 0.125. The van der Waals surface area contributed by atoms with Crippen molar-refractivity contribution in [2.45, 2.75) is 83.9 Å². The first-order chi connectivity index (χ1) is 30.0. The van der Waals surface area contributed by atoms with Gasteiger partial charge in [0.2, 0.25) is 5.91 Å². The Bertz CT molecular complexity index is 2250. The van der Waals surface area contributed by atoms with Gasteiger partial charge in [-0.15, -0.1) is 0 Å². The molecular weight excluding hydrogens is 795 g/mol. The standard InChI is InChI=1S/C46H60F2N10O4/c1-5-56(40-25-38(50-29-51-40)42-34-23-32(62-46(3)13-14-46)8-9-37(34)52-53-42)15-10-30(2)26-54-18-20-55(21-19-54)27-31-11-16-57(17-12-31)43-36(47)24-33-35(41(43)48)28-58(45(33)61)39(7-6-22-59)44(60)49-4/h8-9,22-25,29-31,39H,5-7,10-21,26-28H2,1-4H3,(H,49,60)(H,52,53).